The molecule has 15 heavy (non-hydrogen) atoms. The molecule has 0 fully saturated rings. The number of rotatable bonds is 2. The van der Waals surface area contributed by atoms with Gasteiger partial charge in [0.25, 0.3) is 0 Å². The van der Waals surface area contributed by atoms with Gasteiger partial charge < -0.3 is 4.57 Å². The molecule has 2 aromatic rings. The zero-order valence-electron chi connectivity index (χ0n) is 9.33. The predicted molar refractivity (Wildman–Crippen MR) is 63.9 cm³/mol. The standard InChI is InChI=1S/C14H16N/c1-11-6-4-5-7-14(11)10-15-12(2)8-9-13(15)3/h4-9H,1,10H2,2-3H3. The molecule has 0 atom stereocenters. The van der Waals surface area contributed by atoms with Gasteiger partial charge in [0, 0.05) is 17.9 Å². The van der Waals surface area contributed by atoms with Gasteiger partial charge in [0.2, 0.25) is 0 Å². The maximum Gasteiger partial charge on any atom is 0.0477 e. The van der Waals surface area contributed by atoms with Crippen LogP contribution >= 0.6 is 0 Å². The molecule has 2 rings (SSSR count). The summed E-state index contributed by atoms with van der Waals surface area (Å²) in [6.07, 6.45) is 0. The molecule has 0 aliphatic rings. The van der Waals surface area contributed by atoms with Gasteiger partial charge in [-0.05, 0) is 44.0 Å². The Bertz CT molecular complexity index is 446. The Hall–Kier alpha value is -1.50. The van der Waals surface area contributed by atoms with E-state index in [1.54, 1.807) is 0 Å². The highest BCUT2D eigenvalue weighted by Gasteiger charge is 2.03. The molecule has 1 aromatic heterocycles. The van der Waals surface area contributed by atoms with Gasteiger partial charge in [-0.25, -0.2) is 0 Å². The average molecular weight is 198 g/mol. The highest BCUT2D eigenvalue weighted by Crippen LogP contribution is 2.13. The highest BCUT2D eigenvalue weighted by atomic mass is 15.0. The van der Waals surface area contributed by atoms with Crippen LogP contribution in [0.1, 0.15) is 22.5 Å². The van der Waals surface area contributed by atoms with Crippen molar-refractivity contribution in [2.24, 2.45) is 0 Å². The van der Waals surface area contributed by atoms with Crippen LogP contribution in [0.5, 0.6) is 0 Å². The fourth-order valence-electron chi connectivity index (χ4n) is 1.83. The van der Waals surface area contributed by atoms with E-state index in [0.717, 1.165) is 12.1 Å². The van der Waals surface area contributed by atoms with Crippen LogP contribution in [0, 0.1) is 20.8 Å². The van der Waals surface area contributed by atoms with Gasteiger partial charge in [-0.3, -0.25) is 0 Å². The van der Waals surface area contributed by atoms with E-state index < -0.39 is 0 Å². The lowest BCUT2D eigenvalue weighted by atomic mass is 10.1. The molecule has 0 N–H and O–H groups in total. The molecule has 0 aliphatic carbocycles. The Kier molecular flexibility index (Phi) is 2.63. The molecule has 0 amide bonds. The second-order valence-electron chi connectivity index (χ2n) is 3.97. The Balaban J connectivity index is 2.34. The third-order valence-electron chi connectivity index (χ3n) is 2.86. The largest absolute Gasteiger partial charge is 0.345 e. The van der Waals surface area contributed by atoms with E-state index in [1.165, 1.54) is 17.0 Å². The minimum absolute atomic E-state index is 0.921. The monoisotopic (exact) mass is 198 g/mol. The van der Waals surface area contributed by atoms with Crippen LogP contribution in [0.2, 0.25) is 0 Å². The summed E-state index contributed by atoms with van der Waals surface area (Å²) in [5, 5.41) is 0. The third-order valence-corrected chi connectivity index (χ3v) is 2.86. The maximum absolute atomic E-state index is 4.05. The molecule has 0 bridgehead atoms. The first kappa shape index (κ1) is 10.0. The summed E-state index contributed by atoms with van der Waals surface area (Å²) in [6, 6.07) is 12.6. The van der Waals surface area contributed by atoms with E-state index >= 15 is 0 Å². The number of hydrogen-bond donors (Lipinski definition) is 0. The van der Waals surface area contributed by atoms with Gasteiger partial charge >= 0.3 is 0 Å². The maximum atomic E-state index is 4.05. The van der Waals surface area contributed by atoms with Gasteiger partial charge in [-0.15, -0.1) is 0 Å². The Labute approximate surface area is 91.4 Å². The van der Waals surface area contributed by atoms with Crippen molar-refractivity contribution in [1.82, 2.24) is 4.57 Å². The lowest BCUT2D eigenvalue weighted by Crippen LogP contribution is -2.04. The van der Waals surface area contributed by atoms with Crippen molar-refractivity contribution in [2.45, 2.75) is 20.4 Å². The topological polar surface area (TPSA) is 4.93 Å². The molecule has 1 aromatic carbocycles. The molecular formula is C14H16N. The SMILES string of the molecule is [CH2]c1ccccc1Cn1c(C)ccc1C. The van der Waals surface area contributed by atoms with Crippen molar-refractivity contribution >= 4 is 0 Å². The smallest absolute Gasteiger partial charge is 0.0477 e. The van der Waals surface area contributed by atoms with E-state index in [-0.39, 0.29) is 0 Å². The van der Waals surface area contributed by atoms with Crippen LogP contribution < -0.4 is 0 Å². The summed E-state index contributed by atoms with van der Waals surface area (Å²) in [5.41, 5.74) is 5.01. The molecule has 77 valence electrons. The minimum atomic E-state index is 0.921. The van der Waals surface area contributed by atoms with Gasteiger partial charge in [0.05, 0.1) is 0 Å². The molecular weight excluding hydrogens is 182 g/mol. The number of nitrogens with zero attached hydrogens (tertiary/aromatic N) is 1. The van der Waals surface area contributed by atoms with E-state index in [9.17, 15) is 0 Å². The van der Waals surface area contributed by atoms with Crippen LogP contribution in [0.25, 0.3) is 0 Å². The van der Waals surface area contributed by atoms with Gasteiger partial charge in [-0.2, -0.15) is 0 Å². The van der Waals surface area contributed by atoms with E-state index in [0.29, 0.717) is 0 Å². The first-order valence-electron chi connectivity index (χ1n) is 5.21. The number of hydrogen-bond acceptors (Lipinski definition) is 0. The van der Waals surface area contributed by atoms with Crippen molar-refractivity contribution in [3.8, 4) is 0 Å². The van der Waals surface area contributed by atoms with Gasteiger partial charge in [0.1, 0.15) is 0 Å². The number of aromatic nitrogens is 1. The predicted octanol–water partition coefficient (Wildman–Crippen LogP) is 3.34. The van der Waals surface area contributed by atoms with Gasteiger partial charge in [-0.1, -0.05) is 24.3 Å². The number of benzene rings is 1. The molecule has 0 aliphatic heterocycles. The Morgan fingerprint density at radius 1 is 1.00 bits per heavy atom. The van der Waals surface area contributed by atoms with Crippen molar-refractivity contribution in [1.29, 1.82) is 0 Å². The average Bonchev–Trinajstić information content (AvgIpc) is 2.53. The molecule has 0 spiro atoms. The quantitative estimate of drug-likeness (QED) is 0.697. The first-order chi connectivity index (χ1) is 7.18. The van der Waals surface area contributed by atoms with Crippen LogP contribution in [0.4, 0.5) is 0 Å². The second kappa shape index (κ2) is 3.93. The summed E-state index contributed by atoms with van der Waals surface area (Å²) < 4.78 is 2.31. The van der Waals surface area contributed by atoms with Gasteiger partial charge in [0.15, 0.2) is 0 Å². The lowest BCUT2D eigenvalue weighted by molar-refractivity contribution is 0.747. The fraction of sp³-hybridized carbons (Fsp3) is 0.214. The van der Waals surface area contributed by atoms with Crippen molar-refractivity contribution in [3.63, 3.8) is 0 Å². The molecule has 1 radical (unpaired) electrons. The molecule has 1 nitrogen and oxygen atoms in total. The molecule has 0 unspecified atom stereocenters. The molecule has 0 saturated heterocycles. The number of aryl methyl sites for hydroxylation is 2. The summed E-state index contributed by atoms with van der Waals surface area (Å²) in [4.78, 5) is 0. The van der Waals surface area contributed by atoms with E-state index in [4.69, 9.17) is 0 Å². The van der Waals surface area contributed by atoms with Crippen molar-refractivity contribution < 1.29 is 0 Å². The lowest BCUT2D eigenvalue weighted by Gasteiger charge is -2.11. The Morgan fingerprint density at radius 2 is 1.60 bits per heavy atom. The zero-order chi connectivity index (χ0) is 10.8. The van der Waals surface area contributed by atoms with Crippen molar-refractivity contribution in [3.05, 3.63) is 65.8 Å². The summed E-state index contributed by atoms with van der Waals surface area (Å²) >= 11 is 0. The van der Waals surface area contributed by atoms with Crippen LogP contribution in [-0.2, 0) is 6.54 Å². The molecule has 0 saturated carbocycles. The third kappa shape index (κ3) is 1.96. The normalized spacial score (nSPS) is 10.6. The Morgan fingerprint density at radius 3 is 2.20 bits per heavy atom. The molecule has 1 heteroatoms. The van der Waals surface area contributed by atoms with Crippen LogP contribution in [-0.4, -0.2) is 4.57 Å². The van der Waals surface area contributed by atoms with E-state index in [1.807, 2.05) is 6.07 Å². The highest BCUT2D eigenvalue weighted by molar-refractivity contribution is 5.30. The van der Waals surface area contributed by atoms with E-state index in [2.05, 4.69) is 55.7 Å². The summed E-state index contributed by atoms with van der Waals surface area (Å²) in [5.74, 6) is 0. The minimum Gasteiger partial charge on any atom is -0.345 e. The summed E-state index contributed by atoms with van der Waals surface area (Å²) in [6.45, 7) is 9.24. The first-order valence-corrected chi connectivity index (χ1v) is 5.21. The van der Waals surface area contributed by atoms with Crippen molar-refractivity contribution in [2.75, 3.05) is 0 Å². The molecule has 1 heterocycles. The fourth-order valence-corrected chi connectivity index (χ4v) is 1.83. The van der Waals surface area contributed by atoms with Crippen LogP contribution in [0.15, 0.2) is 36.4 Å². The zero-order valence-corrected chi connectivity index (χ0v) is 9.33. The van der Waals surface area contributed by atoms with Crippen LogP contribution in [0.3, 0.4) is 0 Å². The summed E-state index contributed by atoms with van der Waals surface area (Å²) in [7, 11) is 0. The second-order valence-corrected chi connectivity index (χ2v) is 3.97.